The van der Waals surface area contributed by atoms with Gasteiger partial charge in [-0.25, -0.2) is 5.01 Å². The van der Waals surface area contributed by atoms with Crippen LogP contribution in [0.4, 0.5) is 0 Å². The van der Waals surface area contributed by atoms with E-state index in [9.17, 15) is 4.79 Å². The summed E-state index contributed by atoms with van der Waals surface area (Å²) in [5, 5.41) is 1.80. The van der Waals surface area contributed by atoms with Crippen LogP contribution < -0.4 is 20.9 Å². The monoisotopic (exact) mass is 492 g/mol. The number of carbonyl (C=O) groups is 1. The van der Waals surface area contributed by atoms with E-state index in [0.717, 1.165) is 28.1 Å². The van der Waals surface area contributed by atoms with Crippen molar-refractivity contribution in [3.05, 3.63) is 57.9 Å². The second-order valence-corrected chi connectivity index (χ2v) is 10.4. The van der Waals surface area contributed by atoms with Crippen LogP contribution in [0.15, 0.2) is 30.5 Å². The number of nitrogens with two attached hydrogens (primary N) is 1. The molecule has 0 saturated heterocycles. The molecule has 0 saturated carbocycles. The van der Waals surface area contributed by atoms with Crippen LogP contribution in [0.5, 0.6) is 5.75 Å². The topological polar surface area (TPSA) is 90.7 Å². The van der Waals surface area contributed by atoms with Gasteiger partial charge in [0.25, 0.3) is 0 Å². The fraction of sp³-hybridized carbons (Fsp3) is 0.520. The van der Waals surface area contributed by atoms with E-state index in [-0.39, 0.29) is 23.5 Å². The number of aryl methyl sites for hydroxylation is 1. The molecule has 0 amide bonds. The van der Waals surface area contributed by atoms with Gasteiger partial charge in [-0.1, -0.05) is 36.2 Å². The first-order valence-electron chi connectivity index (χ1n) is 11.7. The van der Waals surface area contributed by atoms with E-state index in [1.54, 1.807) is 11.8 Å². The third-order valence-corrected chi connectivity index (χ3v) is 6.39. The first kappa shape index (κ1) is 26.5. The van der Waals surface area contributed by atoms with Crippen molar-refractivity contribution >= 4 is 17.6 Å². The molecule has 1 aliphatic rings. The summed E-state index contributed by atoms with van der Waals surface area (Å²) in [7, 11) is 2.04. The van der Waals surface area contributed by atoms with Crippen LogP contribution >= 0.6 is 11.6 Å². The SMILES string of the molecule is Cc1ncc2c(c1OC(=O)C[C@@H](C)CCO[NH2+]N[NH+](C)C(C)(C)C)CO[C@H]2c1ccc(Cl)cc1. The van der Waals surface area contributed by atoms with Crippen molar-refractivity contribution in [1.29, 1.82) is 0 Å². The van der Waals surface area contributed by atoms with E-state index in [1.807, 2.05) is 45.2 Å². The number of ether oxygens (including phenoxy) is 2. The normalized spacial score (nSPS) is 17.3. The summed E-state index contributed by atoms with van der Waals surface area (Å²) in [6.07, 6.45) is 2.60. The van der Waals surface area contributed by atoms with Crippen LogP contribution in [0.2, 0.25) is 5.02 Å². The van der Waals surface area contributed by atoms with E-state index >= 15 is 0 Å². The summed E-state index contributed by atoms with van der Waals surface area (Å²) in [4.78, 5) is 22.7. The average molecular weight is 493 g/mol. The minimum absolute atomic E-state index is 0.0708. The van der Waals surface area contributed by atoms with Crippen LogP contribution in [0.1, 0.15) is 69.0 Å². The highest BCUT2D eigenvalue weighted by atomic mass is 35.5. The summed E-state index contributed by atoms with van der Waals surface area (Å²) in [5.74, 6) is 0.351. The van der Waals surface area contributed by atoms with E-state index in [0.29, 0.717) is 36.1 Å². The number of hydrogen-bond donors (Lipinski definition) is 3. The Hall–Kier alpha value is -2.07. The second kappa shape index (κ2) is 11.6. The zero-order chi connectivity index (χ0) is 24.9. The Balaban J connectivity index is 1.52. The lowest BCUT2D eigenvalue weighted by Gasteiger charge is -2.25. The number of hydrogen-bond acceptors (Lipinski definition) is 6. The molecule has 9 heteroatoms. The smallest absolute Gasteiger partial charge is 0.311 e. The van der Waals surface area contributed by atoms with Gasteiger partial charge in [-0.15, -0.1) is 0 Å². The molecule has 1 aromatic carbocycles. The first-order valence-corrected chi connectivity index (χ1v) is 12.0. The number of halogens is 1. The minimum atomic E-state index is -0.278. The molecule has 1 aliphatic heterocycles. The number of benzene rings is 1. The molecule has 4 N–H and O–H groups in total. The lowest BCUT2D eigenvalue weighted by Crippen LogP contribution is -3.32. The molecule has 0 aliphatic carbocycles. The van der Waals surface area contributed by atoms with Gasteiger partial charge in [0.2, 0.25) is 0 Å². The Bertz CT molecular complexity index is 978. The number of rotatable bonds is 10. The molecule has 3 rings (SSSR count). The van der Waals surface area contributed by atoms with Gasteiger partial charge in [0.1, 0.15) is 18.2 Å². The summed E-state index contributed by atoms with van der Waals surface area (Å²) in [5.41, 5.74) is 8.32. The Morgan fingerprint density at radius 3 is 2.74 bits per heavy atom. The average Bonchev–Trinajstić information content (AvgIpc) is 3.19. The maximum Gasteiger partial charge on any atom is 0.311 e. The van der Waals surface area contributed by atoms with E-state index in [1.165, 1.54) is 0 Å². The number of aromatic nitrogens is 1. The molecule has 0 fully saturated rings. The van der Waals surface area contributed by atoms with Crippen LogP contribution in [-0.4, -0.2) is 30.1 Å². The zero-order valence-corrected chi connectivity index (χ0v) is 21.7. The summed E-state index contributed by atoms with van der Waals surface area (Å²) in [6, 6.07) is 7.55. The molecule has 186 valence electrons. The highest BCUT2D eigenvalue weighted by Crippen LogP contribution is 2.41. The van der Waals surface area contributed by atoms with Crippen molar-refractivity contribution in [3.8, 4) is 5.75 Å². The van der Waals surface area contributed by atoms with Gasteiger partial charge >= 0.3 is 5.97 Å². The number of esters is 1. The van der Waals surface area contributed by atoms with Crippen molar-refractivity contribution in [3.63, 3.8) is 0 Å². The molecule has 1 unspecified atom stereocenters. The van der Waals surface area contributed by atoms with Gasteiger partial charge in [-0.05, 0) is 57.7 Å². The molecule has 0 bridgehead atoms. The van der Waals surface area contributed by atoms with Crippen LogP contribution in [-0.2, 0) is 21.0 Å². The standard InChI is InChI=1S/C25H35ClN4O4/c1-16(11-12-33-29-28-30(6)25(3,4)5)13-22(31)34-23-17(2)27-14-20-21(23)15-32-24(20)18-7-9-19(26)10-8-18/h7-10,14,16,24,28-29H,11-13,15H2,1-6H3/p+2/t16-,24-/m0/s1. The van der Waals surface area contributed by atoms with Gasteiger partial charge in [0.05, 0.1) is 19.3 Å². The van der Waals surface area contributed by atoms with E-state index in [2.05, 4.69) is 31.3 Å². The summed E-state index contributed by atoms with van der Waals surface area (Å²) < 4.78 is 11.8. The molecule has 1 aromatic heterocycles. The van der Waals surface area contributed by atoms with Gasteiger partial charge in [0.15, 0.2) is 5.75 Å². The van der Waals surface area contributed by atoms with Gasteiger partial charge in [-0.2, -0.15) is 4.84 Å². The number of quaternary nitrogens is 2. The number of carbonyl (C=O) groups excluding carboxylic acids is 1. The number of pyridine rings is 1. The third kappa shape index (κ3) is 6.97. The lowest BCUT2D eigenvalue weighted by atomic mass is 10.00. The molecular formula is C25H37ClN4O4+2. The second-order valence-electron chi connectivity index (χ2n) is 9.93. The van der Waals surface area contributed by atoms with E-state index in [4.69, 9.17) is 25.9 Å². The maximum atomic E-state index is 12.7. The van der Waals surface area contributed by atoms with Gasteiger partial charge in [0, 0.05) is 34.3 Å². The molecular weight excluding hydrogens is 456 g/mol. The molecule has 8 nitrogen and oxygen atoms in total. The fourth-order valence-electron chi connectivity index (χ4n) is 3.55. The number of nitrogens with zero attached hydrogens (tertiary/aromatic N) is 1. The van der Waals surface area contributed by atoms with Crippen molar-refractivity contribution in [2.75, 3.05) is 13.7 Å². The molecule has 0 spiro atoms. The molecule has 0 radical (unpaired) electrons. The predicted octanol–water partition coefficient (Wildman–Crippen LogP) is 2.21. The van der Waals surface area contributed by atoms with Crippen LogP contribution in [0, 0.1) is 12.8 Å². The van der Waals surface area contributed by atoms with Gasteiger partial charge < -0.3 is 9.47 Å². The third-order valence-electron chi connectivity index (χ3n) is 6.14. The molecule has 2 heterocycles. The zero-order valence-electron chi connectivity index (χ0n) is 20.9. The number of nitrogens with one attached hydrogen (secondary N) is 2. The molecule has 3 atom stereocenters. The predicted molar refractivity (Wildman–Crippen MR) is 129 cm³/mol. The van der Waals surface area contributed by atoms with Crippen molar-refractivity contribution in [1.82, 2.24) is 10.5 Å². The molecule has 34 heavy (non-hydrogen) atoms. The van der Waals surface area contributed by atoms with Crippen molar-refractivity contribution in [2.45, 2.75) is 65.7 Å². The van der Waals surface area contributed by atoms with E-state index < -0.39 is 0 Å². The molecule has 2 aromatic rings. The Morgan fingerprint density at radius 2 is 2.06 bits per heavy atom. The van der Waals surface area contributed by atoms with Crippen molar-refractivity contribution < 1.29 is 29.7 Å². The Kier molecular flexibility index (Phi) is 9.03. The van der Waals surface area contributed by atoms with Crippen LogP contribution in [0.3, 0.4) is 0 Å². The quantitative estimate of drug-likeness (QED) is 0.204. The maximum absolute atomic E-state index is 12.7. The lowest BCUT2D eigenvalue weighted by molar-refractivity contribution is -1.15. The number of fused-ring (bicyclic) bond motifs is 1. The van der Waals surface area contributed by atoms with Crippen molar-refractivity contribution in [2.24, 2.45) is 5.92 Å². The largest absolute Gasteiger partial charge is 0.424 e. The Morgan fingerprint density at radius 1 is 1.35 bits per heavy atom. The fourth-order valence-corrected chi connectivity index (χ4v) is 3.68. The summed E-state index contributed by atoms with van der Waals surface area (Å²) >= 11 is 6.02. The highest BCUT2D eigenvalue weighted by Gasteiger charge is 2.30. The van der Waals surface area contributed by atoms with Crippen LogP contribution in [0.25, 0.3) is 0 Å². The summed E-state index contributed by atoms with van der Waals surface area (Å²) in [6.45, 7) is 11.2. The Labute approximate surface area is 206 Å². The first-order chi connectivity index (χ1) is 16.1. The van der Waals surface area contributed by atoms with Gasteiger partial charge in [-0.3, -0.25) is 9.78 Å². The minimum Gasteiger partial charge on any atom is -0.424 e. The highest BCUT2D eigenvalue weighted by molar-refractivity contribution is 6.30.